The predicted octanol–water partition coefficient (Wildman–Crippen LogP) is 4.64. The number of methoxy groups -OCH3 is 1. The molecule has 1 aliphatic carbocycles. The van der Waals surface area contributed by atoms with Crippen molar-refractivity contribution in [2.24, 2.45) is 0 Å². The number of aliphatic hydroxyl groups is 1. The number of halogens is 1. The predicted molar refractivity (Wildman–Crippen MR) is 151 cm³/mol. The van der Waals surface area contributed by atoms with Crippen molar-refractivity contribution in [2.75, 3.05) is 30.9 Å². The Balaban J connectivity index is 1.60. The van der Waals surface area contributed by atoms with E-state index in [-0.39, 0.29) is 28.3 Å². The molecular formula is C27H34ClN5O4S. The molecule has 0 aliphatic heterocycles. The maximum atomic E-state index is 12.9. The van der Waals surface area contributed by atoms with Crippen LogP contribution in [0.5, 0.6) is 5.75 Å². The van der Waals surface area contributed by atoms with E-state index in [1.807, 2.05) is 6.07 Å². The molecule has 1 heterocycles. The summed E-state index contributed by atoms with van der Waals surface area (Å²) in [5.41, 5.74) is 3.58. The van der Waals surface area contributed by atoms with Gasteiger partial charge in [0.15, 0.2) is 15.7 Å². The van der Waals surface area contributed by atoms with Gasteiger partial charge in [-0.2, -0.15) is 4.98 Å². The third-order valence-electron chi connectivity index (χ3n) is 6.65. The summed E-state index contributed by atoms with van der Waals surface area (Å²) in [7, 11) is -1.91. The van der Waals surface area contributed by atoms with E-state index in [9.17, 15) is 8.42 Å². The second-order valence-electron chi connectivity index (χ2n) is 9.50. The molecule has 0 amide bonds. The Morgan fingerprint density at radius 2 is 1.82 bits per heavy atom. The smallest absolute Gasteiger partial charge is 0.229 e. The van der Waals surface area contributed by atoms with Crippen LogP contribution in [-0.4, -0.2) is 55.0 Å². The van der Waals surface area contributed by atoms with E-state index >= 15 is 0 Å². The lowest BCUT2D eigenvalue weighted by Crippen LogP contribution is -2.31. The molecule has 1 aliphatic rings. The van der Waals surface area contributed by atoms with Crippen LogP contribution in [0.2, 0.25) is 5.02 Å². The lowest BCUT2D eigenvalue weighted by Gasteiger charge is -2.17. The van der Waals surface area contributed by atoms with E-state index < -0.39 is 15.1 Å². The summed E-state index contributed by atoms with van der Waals surface area (Å²) in [6.07, 6.45) is 5.24. The van der Waals surface area contributed by atoms with Gasteiger partial charge >= 0.3 is 0 Å². The van der Waals surface area contributed by atoms with E-state index in [2.05, 4.69) is 32.0 Å². The highest BCUT2D eigenvalue weighted by atomic mass is 35.5. The second-order valence-corrected chi connectivity index (χ2v) is 12.4. The van der Waals surface area contributed by atoms with E-state index in [0.717, 1.165) is 31.4 Å². The standard InChI is InChI=1S/C27H34ClN5O4S/c1-17(2)38(35,36)25-7-5-4-6-22(25)31-26-21(28)16-30-27(33-26)32-23-14-18-8-10-20(29-12-13-34)11-9-19(18)15-24(23)37-3/h4-7,14-17,20,29,34H,8-13H2,1-3H3,(H2,30,31,32,33). The first-order valence-electron chi connectivity index (χ1n) is 12.7. The maximum Gasteiger partial charge on any atom is 0.229 e. The Hall–Kier alpha value is -2.92. The van der Waals surface area contributed by atoms with Crippen LogP contribution >= 0.6 is 11.6 Å². The van der Waals surface area contributed by atoms with Crippen LogP contribution in [0.4, 0.5) is 23.1 Å². The first-order chi connectivity index (χ1) is 18.2. The van der Waals surface area contributed by atoms with Gasteiger partial charge < -0.3 is 25.8 Å². The second kappa shape index (κ2) is 12.3. The zero-order chi connectivity index (χ0) is 27.3. The molecular weight excluding hydrogens is 526 g/mol. The van der Waals surface area contributed by atoms with Gasteiger partial charge in [-0.25, -0.2) is 13.4 Å². The summed E-state index contributed by atoms with van der Waals surface area (Å²) in [6, 6.07) is 11.2. The molecule has 204 valence electrons. The van der Waals surface area contributed by atoms with Crippen LogP contribution in [-0.2, 0) is 22.7 Å². The van der Waals surface area contributed by atoms with Gasteiger partial charge in [-0.1, -0.05) is 23.7 Å². The van der Waals surface area contributed by atoms with E-state index in [0.29, 0.717) is 24.0 Å². The van der Waals surface area contributed by atoms with Crippen molar-refractivity contribution in [3.05, 3.63) is 58.7 Å². The number of sulfone groups is 1. The van der Waals surface area contributed by atoms with Crippen molar-refractivity contribution in [3.8, 4) is 5.75 Å². The van der Waals surface area contributed by atoms with Crippen molar-refractivity contribution >= 4 is 44.6 Å². The molecule has 9 nitrogen and oxygen atoms in total. The number of rotatable bonds is 10. The van der Waals surface area contributed by atoms with Gasteiger partial charge in [0, 0.05) is 12.6 Å². The number of aromatic nitrogens is 2. The van der Waals surface area contributed by atoms with Gasteiger partial charge in [0.1, 0.15) is 10.8 Å². The minimum atomic E-state index is -3.53. The van der Waals surface area contributed by atoms with Crippen molar-refractivity contribution in [3.63, 3.8) is 0 Å². The van der Waals surface area contributed by atoms with Crippen molar-refractivity contribution in [1.29, 1.82) is 0 Å². The van der Waals surface area contributed by atoms with Crippen molar-refractivity contribution < 1.29 is 18.3 Å². The summed E-state index contributed by atoms with van der Waals surface area (Å²) < 4.78 is 31.4. The Bertz CT molecular complexity index is 1380. The first kappa shape index (κ1) is 28.1. The third-order valence-corrected chi connectivity index (χ3v) is 9.14. The van der Waals surface area contributed by atoms with Crippen LogP contribution in [0.15, 0.2) is 47.5 Å². The molecule has 2 aromatic carbocycles. The maximum absolute atomic E-state index is 12.9. The van der Waals surface area contributed by atoms with Crippen LogP contribution in [0, 0.1) is 0 Å². The number of ether oxygens (including phenoxy) is 1. The zero-order valence-corrected chi connectivity index (χ0v) is 23.4. The van der Waals surface area contributed by atoms with Crippen molar-refractivity contribution in [2.45, 2.75) is 55.7 Å². The first-order valence-corrected chi connectivity index (χ1v) is 14.6. The third kappa shape index (κ3) is 6.37. The minimum absolute atomic E-state index is 0.127. The number of aliphatic hydroxyl groups excluding tert-OH is 1. The number of nitrogens with one attached hydrogen (secondary N) is 3. The highest BCUT2D eigenvalue weighted by Gasteiger charge is 2.23. The summed E-state index contributed by atoms with van der Waals surface area (Å²) in [6.45, 7) is 4.01. The molecule has 1 atom stereocenters. The highest BCUT2D eigenvalue weighted by molar-refractivity contribution is 7.92. The van der Waals surface area contributed by atoms with Gasteiger partial charge in [-0.3, -0.25) is 0 Å². The molecule has 38 heavy (non-hydrogen) atoms. The summed E-state index contributed by atoms with van der Waals surface area (Å²) in [4.78, 5) is 9.04. The molecule has 0 fully saturated rings. The average Bonchev–Trinajstić information content (AvgIpc) is 3.10. The van der Waals surface area contributed by atoms with Gasteiger partial charge in [0.2, 0.25) is 5.95 Å². The molecule has 0 spiro atoms. The molecule has 0 saturated heterocycles. The summed E-state index contributed by atoms with van der Waals surface area (Å²) >= 11 is 6.39. The zero-order valence-electron chi connectivity index (χ0n) is 21.8. The number of para-hydroxylation sites is 1. The van der Waals surface area contributed by atoms with Crippen LogP contribution in [0.1, 0.15) is 37.8 Å². The number of hydrogen-bond acceptors (Lipinski definition) is 9. The largest absolute Gasteiger partial charge is 0.495 e. The number of aryl methyl sites for hydroxylation is 2. The molecule has 0 saturated carbocycles. The Labute approximate surface area is 228 Å². The topological polar surface area (TPSA) is 125 Å². The number of nitrogens with zero attached hydrogens (tertiary/aromatic N) is 2. The SMILES string of the molecule is COc1cc2c(cc1Nc1ncc(Cl)c(Nc3ccccc3S(=O)(=O)C(C)C)n1)CCC(NCCO)CC2. The number of fused-ring (bicyclic) bond motifs is 1. The highest BCUT2D eigenvalue weighted by Crippen LogP contribution is 2.35. The molecule has 11 heteroatoms. The Morgan fingerprint density at radius 1 is 1.11 bits per heavy atom. The van der Waals surface area contributed by atoms with E-state index in [4.69, 9.17) is 21.4 Å². The summed E-state index contributed by atoms with van der Waals surface area (Å²) in [5.74, 6) is 1.24. The molecule has 3 aromatic rings. The van der Waals surface area contributed by atoms with E-state index in [1.54, 1.807) is 45.2 Å². The molecule has 4 rings (SSSR count). The molecule has 1 aromatic heterocycles. The molecule has 0 bridgehead atoms. The fourth-order valence-corrected chi connectivity index (χ4v) is 5.85. The fraction of sp³-hybridized carbons (Fsp3) is 0.407. The number of benzene rings is 2. The van der Waals surface area contributed by atoms with Crippen LogP contribution < -0.4 is 20.7 Å². The van der Waals surface area contributed by atoms with Gasteiger partial charge in [-0.15, -0.1) is 0 Å². The van der Waals surface area contributed by atoms with Crippen molar-refractivity contribution in [1.82, 2.24) is 15.3 Å². The average molecular weight is 560 g/mol. The van der Waals surface area contributed by atoms with E-state index in [1.165, 1.54) is 17.3 Å². The van der Waals surface area contributed by atoms with Gasteiger partial charge in [0.05, 0.1) is 41.4 Å². The Morgan fingerprint density at radius 3 is 2.50 bits per heavy atom. The number of hydrogen-bond donors (Lipinski definition) is 4. The van der Waals surface area contributed by atoms with Crippen LogP contribution in [0.25, 0.3) is 0 Å². The number of anilines is 4. The lowest BCUT2D eigenvalue weighted by atomic mass is 10.0. The minimum Gasteiger partial charge on any atom is -0.495 e. The normalized spacial score (nSPS) is 15.6. The summed E-state index contributed by atoms with van der Waals surface area (Å²) in [5, 5.41) is 18.5. The lowest BCUT2D eigenvalue weighted by molar-refractivity contribution is 0.280. The Kier molecular flexibility index (Phi) is 9.09. The van der Waals surface area contributed by atoms with Gasteiger partial charge in [-0.05, 0) is 74.9 Å². The van der Waals surface area contributed by atoms with Crippen LogP contribution in [0.3, 0.4) is 0 Å². The quantitative estimate of drug-likeness (QED) is 0.263. The molecule has 4 N–H and O–H groups in total. The monoisotopic (exact) mass is 559 g/mol. The molecule has 1 unspecified atom stereocenters. The van der Waals surface area contributed by atoms with Gasteiger partial charge in [0.25, 0.3) is 0 Å². The molecule has 0 radical (unpaired) electrons. The fourth-order valence-electron chi connectivity index (χ4n) is 4.51.